The summed E-state index contributed by atoms with van der Waals surface area (Å²) in [5.41, 5.74) is 0.0357. The van der Waals surface area contributed by atoms with Gasteiger partial charge in [0.15, 0.2) is 0 Å². The summed E-state index contributed by atoms with van der Waals surface area (Å²) >= 11 is 0. The molecule has 0 amide bonds. The van der Waals surface area contributed by atoms with Gasteiger partial charge in [-0.25, -0.2) is 0 Å². The lowest BCUT2D eigenvalue weighted by molar-refractivity contribution is -0.0442. The van der Waals surface area contributed by atoms with Gasteiger partial charge < -0.3 is 4.74 Å². The van der Waals surface area contributed by atoms with E-state index in [9.17, 15) is 0 Å². The van der Waals surface area contributed by atoms with E-state index in [1.165, 1.54) is 0 Å². The van der Waals surface area contributed by atoms with E-state index in [-0.39, 0.29) is 5.54 Å². The Hall–Kier alpha value is -0.590. The maximum atomic E-state index is 8.52. The van der Waals surface area contributed by atoms with E-state index in [1.54, 1.807) is 0 Å². The first kappa shape index (κ1) is 8.51. The van der Waals surface area contributed by atoms with Crippen molar-refractivity contribution in [2.75, 3.05) is 26.3 Å². The standard InChI is InChI=1S/C8H14N2O/c1-8(2)7-11-6-5-10(8)4-3-9/h4-7H2,1-2H3. The molecule has 0 aromatic heterocycles. The molecule has 0 spiro atoms. The van der Waals surface area contributed by atoms with Gasteiger partial charge in [0.1, 0.15) is 0 Å². The molecule has 3 nitrogen and oxygen atoms in total. The fraction of sp³-hybridized carbons (Fsp3) is 0.875. The van der Waals surface area contributed by atoms with E-state index in [0.29, 0.717) is 6.54 Å². The minimum absolute atomic E-state index is 0.0357. The van der Waals surface area contributed by atoms with Crippen LogP contribution in [0.1, 0.15) is 13.8 Å². The molecule has 0 radical (unpaired) electrons. The summed E-state index contributed by atoms with van der Waals surface area (Å²) in [6.45, 7) is 7.07. The van der Waals surface area contributed by atoms with Crippen molar-refractivity contribution in [2.24, 2.45) is 0 Å². The smallest absolute Gasteiger partial charge is 0.0871 e. The molecule has 0 bridgehead atoms. The van der Waals surface area contributed by atoms with Crippen molar-refractivity contribution in [3.63, 3.8) is 0 Å². The van der Waals surface area contributed by atoms with Gasteiger partial charge in [0.25, 0.3) is 0 Å². The van der Waals surface area contributed by atoms with Crippen LogP contribution < -0.4 is 0 Å². The SMILES string of the molecule is CC1(C)COCCN1CC#N. The van der Waals surface area contributed by atoms with Gasteiger partial charge in [-0.2, -0.15) is 5.26 Å². The van der Waals surface area contributed by atoms with E-state index < -0.39 is 0 Å². The van der Waals surface area contributed by atoms with Gasteiger partial charge in [0, 0.05) is 12.1 Å². The zero-order chi connectivity index (χ0) is 8.32. The molecule has 1 fully saturated rings. The monoisotopic (exact) mass is 154 g/mol. The third kappa shape index (κ3) is 1.92. The molecule has 0 aromatic carbocycles. The Labute approximate surface area is 67.6 Å². The summed E-state index contributed by atoms with van der Waals surface area (Å²) in [6.07, 6.45) is 0. The molecule has 62 valence electrons. The Morgan fingerprint density at radius 2 is 2.36 bits per heavy atom. The van der Waals surface area contributed by atoms with Gasteiger partial charge in [-0.15, -0.1) is 0 Å². The number of hydrogen-bond acceptors (Lipinski definition) is 3. The fourth-order valence-corrected chi connectivity index (χ4v) is 1.27. The van der Waals surface area contributed by atoms with Crippen molar-refractivity contribution >= 4 is 0 Å². The van der Waals surface area contributed by atoms with Crippen molar-refractivity contribution < 1.29 is 4.74 Å². The number of nitrogens with zero attached hydrogens (tertiary/aromatic N) is 2. The minimum atomic E-state index is 0.0357. The maximum Gasteiger partial charge on any atom is 0.0871 e. The highest BCUT2D eigenvalue weighted by Crippen LogP contribution is 2.17. The van der Waals surface area contributed by atoms with Crippen molar-refractivity contribution in [1.29, 1.82) is 5.26 Å². The van der Waals surface area contributed by atoms with Crippen LogP contribution in [0.5, 0.6) is 0 Å². The van der Waals surface area contributed by atoms with E-state index in [4.69, 9.17) is 10.00 Å². The Morgan fingerprint density at radius 1 is 1.64 bits per heavy atom. The Bertz CT molecular complexity index is 171. The first-order valence-corrected chi connectivity index (χ1v) is 3.86. The van der Waals surface area contributed by atoms with Gasteiger partial charge in [-0.1, -0.05) is 0 Å². The Morgan fingerprint density at radius 3 is 2.91 bits per heavy atom. The summed E-state index contributed by atoms with van der Waals surface area (Å²) in [4.78, 5) is 2.15. The van der Waals surface area contributed by atoms with Crippen molar-refractivity contribution in [3.8, 4) is 6.07 Å². The molecule has 11 heavy (non-hydrogen) atoms. The largest absolute Gasteiger partial charge is 0.378 e. The first-order chi connectivity index (χ1) is 5.17. The lowest BCUT2D eigenvalue weighted by atomic mass is 10.0. The first-order valence-electron chi connectivity index (χ1n) is 3.86. The quantitative estimate of drug-likeness (QED) is 0.519. The van der Waals surface area contributed by atoms with Crippen LogP contribution in [0.3, 0.4) is 0 Å². The molecule has 0 unspecified atom stereocenters. The van der Waals surface area contributed by atoms with Crippen LogP contribution in [0.15, 0.2) is 0 Å². The van der Waals surface area contributed by atoms with Crippen LogP contribution in [0.2, 0.25) is 0 Å². The zero-order valence-corrected chi connectivity index (χ0v) is 7.13. The van der Waals surface area contributed by atoms with E-state index in [1.807, 2.05) is 0 Å². The second-order valence-electron chi connectivity index (χ2n) is 3.44. The van der Waals surface area contributed by atoms with E-state index in [0.717, 1.165) is 19.8 Å². The third-order valence-electron chi connectivity index (χ3n) is 2.08. The molecule has 0 aromatic rings. The molecule has 1 heterocycles. The molecule has 1 saturated heterocycles. The highest BCUT2D eigenvalue weighted by Gasteiger charge is 2.29. The van der Waals surface area contributed by atoms with Crippen LogP contribution in [0, 0.1) is 11.3 Å². The van der Waals surface area contributed by atoms with E-state index in [2.05, 4.69) is 24.8 Å². The summed E-state index contributed by atoms with van der Waals surface area (Å²) in [5.74, 6) is 0. The molecule has 0 atom stereocenters. The second kappa shape index (κ2) is 3.21. The van der Waals surface area contributed by atoms with Gasteiger partial charge in [-0.3, -0.25) is 4.90 Å². The van der Waals surface area contributed by atoms with Crippen LogP contribution in [-0.2, 0) is 4.74 Å². The maximum absolute atomic E-state index is 8.52. The molecule has 3 heteroatoms. The van der Waals surface area contributed by atoms with Gasteiger partial charge in [0.2, 0.25) is 0 Å². The molecule has 1 rings (SSSR count). The van der Waals surface area contributed by atoms with Crippen molar-refractivity contribution in [2.45, 2.75) is 19.4 Å². The van der Waals surface area contributed by atoms with Crippen molar-refractivity contribution in [3.05, 3.63) is 0 Å². The lowest BCUT2D eigenvalue weighted by Gasteiger charge is -2.40. The molecule has 0 aliphatic carbocycles. The molecular formula is C8H14N2O. The summed E-state index contributed by atoms with van der Waals surface area (Å²) < 4.78 is 5.31. The summed E-state index contributed by atoms with van der Waals surface area (Å²) in [7, 11) is 0. The van der Waals surface area contributed by atoms with Crippen LogP contribution in [0.4, 0.5) is 0 Å². The van der Waals surface area contributed by atoms with Crippen LogP contribution >= 0.6 is 0 Å². The number of nitriles is 1. The van der Waals surface area contributed by atoms with Crippen LogP contribution in [-0.4, -0.2) is 36.7 Å². The minimum Gasteiger partial charge on any atom is -0.378 e. The summed E-state index contributed by atoms with van der Waals surface area (Å²) in [5, 5.41) is 8.52. The molecule has 1 aliphatic heterocycles. The predicted octanol–water partition coefficient (Wildman–Crippen LogP) is 0.621. The second-order valence-corrected chi connectivity index (χ2v) is 3.44. The predicted molar refractivity (Wildman–Crippen MR) is 42.1 cm³/mol. The van der Waals surface area contributed by atoms with Gasteiger partial charge in [-0.05, 0) is 13.8 Å². The number of hydrogen-bond donors (Lipinski definition) is 0. The average Bonchev–Trinajstić information content (AvgIpc) is 1.94. The molecular weight excluding hydrogens is 140 g/mol. The Balaban J connectivity index is 2.54. The lowest BCUT2D eigenvalue weighted by Crippen LogP contribution is -2.52. The van der Waals surface area contributed by atoms with Crippen molar-refractivity contribution in [1.82, 2.24) is 4.90 Å². The topological polar surface area (TPSA) is 36.3 Å². The number of morpholine rings is 1. The van der Waals surface area contributed by atoms with E-state index >= 15 is 0 Å². The normalized spacial score (nSPS) is 24.5. The summed E-state index contributed by atoms with van der Waals surface area (Å²) in [6, 6.07) is 2.16. The zero-order valence-electron chi connectivity index (χ0n) is 7.13. The van der Waals surface area contributed by atoms with Gasteiger partial charge >= 0.3 is 0 Å². The Kier molecular flexibility index (Phi) is 2.48. The highest BCUT2D eigenvalue weighted by molar-refractivity contribution is 4.89. The molecule has 1 aliphatic rings. The number of rotatable bonds is 1. The number of ether oxygens (including phenoxy) is 1. The highest BCUT2D eigenvalue weighted by atomic mass is 16.5. The van der Waals surface area contributed by atoms with Crippen LogP contribution in [0.25, 0.3) is 0 Å². The fourth-order valence-electron chi connectivity index (χ4n) is 1.27. The molecule has 0 saturated carbocycles. The third-order valence-corrected chi connectivity index (χ3v) is 2.08. The molecule has 0 N–H and O–H groups in total. The van der Waals surface area contributed by atoms with Gasteiger partial charge in [0.05, 0.1) is 25.8 Å². The average molecular weight is 154 g/mol.